The predicted octanol–water partition coefficient (Wildman–Crippen LogP) is 4.61. The maximum absolute atomic E-state index is 11.6. The number of carbonyl (C=O) groups excluding carboxylic acids is 1. The Morgan fingerprint density at radius 1 is 1.08 bits per heavy atom. The lowest BCUT2D eigenvalue weighted by Gasteiger charge is -2.41. The van der Waals surface area contributed by atoms with Gasteiger partial charge in [0.15, 0.2) is 0 Å². The van der Waals surface area contributed by atoms with Gasteiger partial charge < -0.3 is 10.1 Å². The molecule has 3 rings (SSSR count). The molecule has 3 atom stereocenters. The first-order chi connectivity index (χ1) is 11.5. The van der Waals surface area contributed by atoms with E-state index in [2.05, 4.69) is 37.4 Å². The van der Waals surface area contributed by atoms with Gasteiger partial charge in [-0.15, -0.1) is 0 Å². The Morgan fingerprint density at radius 2 is 1.75 bits per heavy atom. The zero-order valence-electron chi connectivity index (χ0n) is 15.3. The summed E-state index contributed by atoms with van der Waals surface area (Å²) in [5.41, 5.74) is 3.92. The highest BCUT2D eigenvalue weighted by molar-refractivity contribution is 5.73. The van der Waals surface area contributed by atoms with Crippen molar-refractivity contribution in [3.05, 3.63) is 34.9 Å². The van der Waals surface area contributed by atoms with E-state index in [1.54, 1.807) is 6.92 Å². The third kappa shape index (κ3) is 4.00. The number of ether oxygens (including phenoxy) is 1. The van der Waals surface area contributed by atoms with Crippen molar-refractivity contribution in [2.45, 2.75) is 84.0 Å². The quantitative estimate of drug-likeness (QED) is 0.879. The van der Waals surface area contributed by atoms with Crippen LogP contribution in [-0.4, -0.2) is 18.1 Å². The van der Waals surface area contributed by atoms with Crippen LogP contribution in [0.5, 0.6) is 0 Å². The number of aryl methyl sites for hydroxylation is 2. The number of hydrogen-bond donors (Lipinski definition) is 1. The standard InChI is InChI=1S/C21H31NO2/c1-14-8-7-9-15(2)21(14)20-13-18(22-16(3)23)12-19(24-20)17-10-5-4-6-11-17/h7-9,17-20H,4-6,10-13H2,1-3H3,(H,22,23)/t18-,19-,20+/m1/s1. The minimum absolute atomic E-state index is 0.0737. The molecule has 0 aromatic heterocycles. The lowest BCUT2D eigenvalue weighted by Crippen LogP contribution is -2.45. The van der Waals surface area contributed by atoms with Crippen molar-refractivity contribution in [2.75, 3.05) is 0 Å². The van der Waals surface area contributed by atoms with Crippen molar-refractivity contribution in [3.63, 3.8) is 0 Å². The Balaban J connectivity index is 1.83. The van der Waals surface area contributed by atoms with Gasteiger partial charge in [-0.3, -0.25) is 4.79 Å². The van der Waals surface area contributed by atoms with Gasteiger partial charge in [0, 0.05) is 13.0 Å². The Morgan fingerprint density at radius 3 is 2.38 bits per heavy atom. The molecule has 0 bridgehead atoms. The third-order valence-corrected chi connectivity index (χ3v) is 5.80. The van der Waals surface area contributed by atoms with Crippen molar-refractivity contribution in [1.29, 1.82) is 0 Å². The van der Waals surface area contributed by atoms with Crippen LogP contribution < -0.4 is 5.32 Å². The van der Waals surface area contributed by atoms with E-state index in [1.807, 2.05) is 0 Å². The van der Waals surface area contributed by atoms with Crippen molar-refractivity contribution < 1.29 is 9.53 Å². The van der Waals surface area contributed by atoms with Gasteiger partial charge in [-0.05, 0) is 62.1 Å². The molecule has 0 spiro atoms. The van der Waals surface area contributed by atoms with Crippen LogP contribution in [0.25, 0.3) is 0 Å². The largest absolute Gasteiger partial charge is 0.370 e. The molecule has 1 saturated carbocycles. The highest BCUT2D eigenvalue weighted by Gasteiger charge is 2.36. The molecule has 2 aliphatic rings. The summed E-state index contributed by atoms with van der Waals surface area (Å²) >= 11 is 0. The zero-order valence-corrected chi connectivity index (χ0v) is 15.3. The van der Waals surface area contributed by atoms with E-state index >= 15 is 0 Å². The third-order valence-electron chi connectivity index (χ3n) is 5.80. The molecule has 1 heterocycles. The molecular formula is C21H31NO2. The molecule has 1 N–H and O–H groups in total. The van der Waals surface area contributed by atoms with Crippen LogP contribution in [0.2, 0.25) is 0 Å². The predicted molar refractivity (Wildman–Crippen MR) is 96.9 cm³/mol. The second-order valence-corrected chi connectivity index (χ2v) is 7.74. The van der Waals surface area contributed by atoms with Crippen molar-refractivity contribution in [3.8, 4) is 0 Å². The Kier molecular flexibility index (Phi) is 5.60. The summed E-state index contributed by atoms with van der Waals surface area (Å²) in [5, 5.41) is 3.17. The molecular weight excluding hydrogens is 298 g/mol. The van der Waals surface area contributed by atoms with Crippen molar-refractivity contribution in [2.24, 2.45) is 5.92 Å². The van der Waals surface area contributed by atoms with Gasteiger partial charge in [-0.1, -0.05) is 37.5 Å². The number of nitrogens with one attached hydrogen (secondary N) is 1. The first kappa shape index (κ1) is 17.5. The Hall–Kier alpha value is -1.35. The smallest absolute Gasteiger partial charge is 0.217 e. The minimum Gasteiger partial charge on any atom is -0.370 e. The topological polar surface area (TPSA) is 38.3 Å². The fourth-order valence-electron chi connectivity index (χ4n) is 4.69. The Labute approximate surface area is 146 Å². The van der Waals surface area contributed by atoms with Gasteiger partial charge >= 0.3 is 0 Å². The van der Waals surface area contributed by atoms with Crippen LogP contribution in [0.15, 0.2) is 18.2 Å². The average Bonchev–Trinajstić information content (AvgIpc) is 2.55. The van der Waals surface area contributed by atoms with Gasteiger partial charge in [0.05, 0.1) is 12.2 Å². The summed E-state index contributed by atoms with van der Waals surface area (Å²) in [6.07, 6.45) is 8.78. The van der Waals surface area contributed by atoms with Crippen LogP contribution in [-0.2, 0) is 9.53 Å². The van der Waals surface area contributed by atoms with Gasteiger partial charge in [0.1, 0.15) is 0 Å². The summed E-state index contributed by atoms with van der Waals surface area (Å²) in [7, 11) is 0. The van der Waals surface area contributed by atoms with E-state index in [4.69, 9.17) is 4.74 Å². The second-order valence-electron chi connectivity index (χ2n) is 7.74. The molecule has 132 valence electrons. The van der Waals surface area contributed by atoms with E-state index in [0.717, 1.165) is 12.8 Å². The van der Waals surface area contributed by atoms with E-state index < -0.39 is 0 Å². The zero-order chi connectivity index (χ0) is 17.1. The summed E-state index contributed by atoms with van der Waals surface area (Å²) in [6.45, 7) is 5.96. The molecule has 1 aliphatic heterocycles. The first-order valence-corrected chi connectivity index (χ1v) is 9.53. The SMILES string of the molecule is CC(=O)N[C@H]1C[C@@H](c2c(C)cccc2C)O[C@@H](C2CCCCC2)C1. The molecule has 1 saturated heterocycles. The number of benzene rings is 1. The van der Waals surface area contributed by atoms with Crippen LogP contribution >= 0.6 is 0 Å². The van der Waals surface area contributed by atoms with Crippen LogP contribution in [0.4, 0.5) is 0 Å². The maximum Gasteiger partial charge on any atom is 0.217 e. The van der Waals surface area contributed by atoms with E-state index in [1.165, 1.54) is 48.8 Å². The molecule has 24 heavy (non-hydrogen) atoms. The maximum atomic E-state index is 11.6. The molecule has 1 aromatic carbocycles. The van der Waals surface area contributed by atoms with Crippen LogP contribution in [0.1, 0.15) is 74.7 Å². The van der Waals surface area contributed by atoms with Crippen molar-refractivity contribution >= 4 is 5.91 Å². The van der Waals surface area contributed by atoms with E-state index in [-0.39, 0.29) is 24.2 Å². The number of rotatable bonds is 3. The summed E-state index contributed by atoms with van der Waals surface area (Å²) in [5.74, 6) is 0.728. The van der Waals surface area contributed by atoms with Gasteiger partial charge in [-0.2, -0.15) is 0 Å². The molecule has 1 aromatic rings. The molecule has 2 fully saturated rings. The molecule has 0 unspecified atom stereocenters. The minimum atomic E-state index is 0.0737. The summed E-state index contributed by atoms with van der Waals surface area (Å²) in [6, 6.07) is 6.68. The number of carbonyl (C=O) groups is 1. The van der Waals surface area contributed by atoms with E-state index in [9.17, 15) is 4.79 Å². The molecule has 0 radical (unpaired) electrons. The molecule has 3 nitrogen and oxygen atoms in total. The van der Waals surface area contributed by atoms with Crippen LogP contribution in [0.3, 0.4) is 0 Å². The summed E-state index contributed by atoms with van der Waals surface area (Å²) < 4.78 is 6.63. The van der Waals surface area contributed by atoms with Gasteiger partial charge in [0.2, 0.25) is 5.91 Å². The molecule has 1 amide bonds. The highest BCUT2D eigenvalue weighted by Crippen LogP contribution is 2.40. The Bertz CT molecular complexity index is 557. The van der Waals surface area contributed by atoms with Crippen LogP contribution in [0, 0.1) is 19.8 Å². The van der Waals surface area contributed by atoms with Gasteiger partial charge in [-0.25, -0.2) is 0 Å². The molecule has 1 aliphatic carbocycles. The number of amides is 1. The van der Waals surface area contributed by atoms with Crippen molar-refractivity contribution in [1.82, 2.24) is 5.32 Å². The number of hydrogen-bond acceptors (Lipinski definition) is 2. The normalized spacial score (nSPS) is 28.5. The first-order valence-electron chi connectivity index (χ1n) is 9.53. The summed E-state index contributed by atoms with van der Waals surface area (Å²) in [4.78, 5) is 11.6. The second kappa shape index (κ2) is 7.69. The lowest BCUT2D eigenvalue weighted by atomic mass is 9.80. The highest BCUT2D eigenvalue weighted by atomic mass is 16.5. The fraction of sp³-hybridized carbons (Fsp3) is 0.667. The van der Waals surface area contributed by atoms with E-state index in [0.29, 0.717) is 5.92 Å². The molecule has 3 heteroatoms. The lowest BCUT2D eigenvalue weighted by molar-refractivity contribution is -0.124. The average molecular weight is 329 g/mol. The fourth-order valence-corrected chi connectivity index (χ4v) is 4.69. The van der Waals surface area contributed by atoms with Gasteiger partial charge in [0.25, 0.3) is 0 Å². The monoisotopic (exact) mass is 329 g/mol.